The number of aromatic nitrogens is 2. The number of aryl methyl sites for hydroxylation is 1. The van der Waals surface area contributed by atoms with Crippen LogP contribution in [0.3, 0.4) is 0 Å². The molecule has 7 nitrogen and oxygen atoms in total. The minimum absolute atomic E-state index is 0.112. The van der Waals surface area contributed by atoms with Crippen molar-refractivity contribution in [3.05, 3.63) is 66.2 Å². The first kappa shape index (κ1) is 19.6. The molecule has 8 heteroatoms. The van der Waals surface area contributed by atoms with Crippen LogP contribution in [-0.4, -0.2) is 24.7 Å². The average molecular weight is 398 g/mol. The molecule has 0 saturated carbocycles. The summed E-state index contributed by atoms with van der Waals surface area (Å²) in [4.78, 5) is 0.181. The molecule has 0 unspecified atom stereocenters. The van der Waals surface area contributed by atoms with Crippen LogP contribution in [0.2, 0.25) is 0 Å². The first-order chi connectivity index (χ1) is 13.3. The van der Waals surface area contributed by atoms with Gasteiger partial charge in [0, 0.05) is 5.69 Å². The number of hydrogen-bond donors (Lipinski definition) is 2. The van der Waals surface area contributed by atoms with E-state index in [9.17, 15) is 8.42 Å². The summed E-state index contributed by atoms with van der Waals surface area (Å²) in [5.74, 6) is 1.43. The monoisotopic (exact) mass is 398 g/mol. The van der Waals surface area contributed by atoms with Crippen LogP contribution in [0.5, 0.6) is 5.75 Å². The molecule has 28 heavy (non-hydrogen) atoms. The van der Waals surface area contributed by atoms with Crippen molar-refractivity contribution in [2.24, 2.45) is 0 Å². The number of nitrogens with one attached hydrogen (secondary N) is 2. The van der Waals surface area contributed by atoms with E-state index in [1.54, 1.807) is 24.3 Å². The second-order valence-electron chi connectivity index (χ2n) is 6.54. The minimum Gasteiger partial charge on any atom is -0.491 e. The molecule has 0 saturated heterocycles. The zero-order valence-electron chi connectivity index (χ0n) is 15.9. The Morgan fingerprint density at radius 2 is 1.61 bits per heavy atom. The summed E-state index contributed by atoms with van der Waals surface area (Å²) in [6, 6.07) is 17.3. The highest BCUT2D eigenvalue weighted by Gasteiger charge is 2.15. The molecule has 3 rings (SSSR count). The van der Waals surface area contributed by atoms with Crippen LogP contribution in [0.25, 0.3) is 0 Å². The molecule has 0 spiro atoms. The Morgan fingerprint density at radius 1 is 0.929 bits per heavy atom. The number of sulfonamides is 1. The fourth-order valence-corrected chi connectivity index (χ4v) is 3.57. The Hall–Kier alpha value is -3.13. The third-order valence-electron chi connectivity index (χ3n) is 3.70. The maximum absolute atomic E-state index is 12.4. The molecule has 3 aromatic rings. The summed E-state index contributed by atoms with van der Waals surface area (Å²) in [6.07, 6.45) is 0.112. The lowest BCUT2D eigenvalue weighted by Crippen LogP contribution is -2.14. The maximum atomic E-state index is 12.4. The first-order valence-corrected chi connectivity index (χ1v) is 10.3. The van der Waals surface area contributed by atoms with E-state index in [4.69, 9.17) is 4.74 Å². The van der Waals surface area contributed by atoms with Gasteiger partial charge in [-0.25, -0.2) is 8.42 Å². The number of nitrogens with zero attached hydrogens (tertiary/aromatic N) is 2. The lowest BCUT2D eigenvalue weighted by atomic mass is 10.2. The van der Waals surface area contributed by atoms with Crippen molar-refractivity contribution >= 4 is 27.3 Å². The lowest BCUT2D eigenvalue weighted by Gasteiger charge is -2.11. The zero-order valence-corrected chi connectivity index (χ0v) is 16.7. The van der Waals surface area contributed by atoms with Crippen LogP contribution in [0.1, 0.15) is 19.4 Å². The summed E-state index contributed by atoms with van der Waals surface area (Å²) in [6.45, 7) is 5.77. The molecule has 2 N–H and O–H groups in total. The fraction of sp³-hybridized carbons (Fsp3) is 0.200. The van der Waals surface area contributed by atoms with E-state index in [0.29, 0.717) is 5.82 Å². The fourth-order valence-electron chi connectivity index (χ4n) is 2.47. The maximum Gasteiger partial charge on any atom is 0.263 e. The second-order valence-corrected chi connectivity index (χ2v) is 8.22. The van der Waals surface area contributed by atoms with Crippen LogP contribution < -0.4 is 14.8 Å². The van der Waals surface area contributed by atoms with Gasteiger partial charge in [0.05, 0.1) is 11.0 Å². The van der Waals surface area contributed by atoms with Crippen molar-refractivity contribution in [2.45, 2.75) is 31.8 Å². The molecule has 1 heterocycles. The van der Waals surface area contributed by atoms with Crippen molar-refractivity contribution in [2.75, 3.05) is 10.0 Å². The number of rotatable bonds is 7. The van der Waals surface area contributed by atoms with E-state index < -0.39 is 10.0 Å². The van der Waals surface area contributed by atoms with E-state index in [1.807, 2.05) is 51.1 Å². The quantitative estimate of drug-likeness (QED) is 0.622. The summed E-state index contributed by atoms with van der Waals surface area (Å²) >= 11 is 0. The molecule has 0 aliphatic rings. The molecular weight excluding hydrogens is 376 g/mol. The van der Waals surface area contributed by atoms with E-state index in [2.05, 4.69) is 20.2 Å². The van der Waals surface area contributed by atoms with E-state index in [1.165, 1.54) is 6.07 Å². The van der Waals surface area contributed by atoms with Gasteiger partial charge in [0.15, 0.2) is 11.6 Å². The summed E-state index contributed by atoms with van der Waals surface area (Å²) in [5, 5.41) is 11.1. The average Bonchev–Trinajstić information content (AvgIpc) is 2.64. The molecule has 0 radical (unpaired) electrons. The molecule has 0 bridgehead atoms. The Labute approximate surface area is 164 Å². The van der Waals surface area contributed by atoms with Crippen molar-refractivity contribution < 1.29 is 13.2 Å². The SMILES string of the molecule is Cc1cccc(S(=O)(=O)Nc2ccc(Nc3ccc(OC(C)C)cc3)nn2)c1. The van der Waals surface area contributed by atoms with E-state index >= 15 is 0 Å². The molecule has 0 fully saturated rings. The molecule has 146 valence electrons. The standard InChI is InChI=1S/C20H22N4O3S/c1-14(2)27-17-9-7-16(8-10-17)21-19-11-12-20(23-22-19)24-28(25,26)18-6-4-5-15(3)13-18/h4-14H,1-3H3,(H,21,22)(H,23,24). The highest BCUT2D eigenvalue weighted by atomic mass is 32.2. The topological polar surface area (TPSA) is 93.2 Å². The van der Waals surface area contributed by atoms with Crippen LogP contribution in [0, 0.1) is 6.92 Å². The molecule has 0 aliphatic heterocycles. The predicted octanol–water partition coefficient (Wildman–Crippen LogP) is 4.12. The third-order valence-corrected chi connectivity index (χ3v) is 5.05. The van der Waals surface area contributed by atoms with E-state index in [-0.39, 0.29) is 16.8 Å². The van der Waals surface area contributed by atoms with Gasteiger partial charge in [-0.3, -0.25) is 4.72 Å². The third kappa shape index (κ3) is 5.20. The van der Waals surface area contributed by atoms with Crippen molar-refractivity contribution in [3.8, 4) is 5.75 Å². The smallest absolute Gasteiger partial charge is 0.263 e. The molecule has 2 aromatic carbocycles. The Bertz CT molecular complexity index is 1030. The van der Waals surface area contributed by atoms with Gasteiger partial charge in [0.25, 0.3) is 10.0 Å². The summed E-state index contributed by atoms with van der Waals surface area (Å²) in [7, 11) is -3.71. The molecule has 0 amide bonds. The van der Waals surface area contributed by atoms with E-state index in [0.717, 1.165) is 17.0 Å². The van der Waals surface area contributed by atoms with Gasteiger partial charge in [-0.15, -0.1) is 10.2 Å². The highest BCUT2D eigenvalue weighted by molar-refractivity contribution is 7.92. The molecule has 0 aliphatic carbocycles. The van der Waals surface area contributed by atoms with Crippen molar-refractivity contribution in [3.63, 3.8) is 0 Å². The van der Waals surface area contributed by atoms with Crippen LogP contribution in [0.4, 0.5) is 17.3 Å². The summed E-state index contributed by atoms with van der Waals surface area (Å²) < 4.78 is 32.9. The number of anilines is 3. The van der Waals surface area contributed by atoms with Crippen LogP contribution in [-0.2, 0) is 10.0 Å². The highest BCUT2D eigenvalue weighted by Crippen LogP contribution is 2.21. The predicted molar refractivity (Wildman–Crippen MR) is 110 cm³/mol. The van der Waals surface area contributed by atoms with Gasteiger partial charge < -0.3 is 10.1 Å². The first-order valence-electron chi connectivity index (χ1n) is 8.79. The van der Waals surface area contributed by atoms with Gasteiger partial charge in [0.1, 0.15) is 5.75 Å². The van der Waals surface area contributed by atoms with Crippen LogP contribution >= 0.6 is 0 Å². The van der Waals surface area contributed by atoms with Gasteiger partial charge in [-0.1, -0.05) is 12.1 Å². The van der Waals surface area contributed by atoms with Gasteiger partial charge in [0.2, 0.25) is 0 Å². The normalized spacial score (nSPS) is 11.3. The largest absolute Gasteiger partial charge is 0.491 e. The molecular formula is C20H22N4O3S. The number of hydrogen-bond acceptors (Lipinski definition) is 6. The minimum atomic E-state index is -3.71. The number of ether oxygens (including phenoxy) is 1. The van der Waals surface area contributed by atoms with Crippen LogP contribution in [0.15, 0.2) is 65.6 Å². The van der Waals surface area contributed by atoms with Gasteiger partial charge >= 0.3 is 0 Å². The van der Waals surface area contributed by atoms with Gasteiger partial charge in [-0.2, -0.15) is 0 Å². The van der Waals surface area contributed by atoms with Crippen molar-refractivity contribution in [1.29, 1.82) is 0 Å². The molecule has 1 aromatic heterocycles. The zero-order chi connectivity index (χ0) is 20.1. The Morgan fingerprint density at radius 3 is 2.21 bits per heavy atom. The molecule has 0 atom stereocenters. The summed E-state index contributed by atoms with van der Waals surface area (Å²) in [5.41, 5.74) is 1.68. The Kier molecular flexibility index (Phi) is 5.79. The second kappa shape index (κ2) is 8.26. The van der Waals surface area contributed by atoms with Gasteiger partial charge in [-0.05, 0) is 74.9 Å². The number of benzene rings is 2. The van der Waals surface area contributed by atoms with Crippen molar-refractivity contribution in [1.82, 2.24) is 10.2 Å². The lowest BCUT2D eigenvalue weighted by molar-refractivity contribution is 0.242. The Balaban J connectivity index is 1.66.